The molecule has 1 aromatic carbocycles. The Morgan fingerprint density at radius 3 is 2.69 bits per heavy atom. The third kappa shape index (κ3) is 5.79. The van der Waals surface area contributed by atoms with Crippen LogP contribution in [-0.4, -0.2) is 15.8 Å². The number of unbranched alkanes of at least 4 members (excludes halogenated alkanes) is 2. The van der Waals surface area contributed by atoms with Gasteiger partial charge in [0.15, 0.2) is 5.76 Å². The molecule has 0 aliphatic rings. The Hall–Kier alpha value is -3.40. The normalized spacial score (nSPS) is 11.0. The van der Waals surface area contributed by atoms with Gasteiger partial charge in [-0.15, -0.1) is 0 Å². The number of hydrogen-bond donors (Lipinski definition) is 0. The molecule has 0 bridgehead atoms. The molecule has 0 amide bonds. The van der Waals surface area contributed by atoms with E-state index in [4.69, 9.17) is 4.42 Å². The lowest BCUT2D eigenvalue weighted by atomic mass is 10.1. The van der Waals surface area contributed by atoms with Crippen LogP contribution in [0.3, 0.4) is 0 Å². The number of alkyl halides is 3. The van der Waals surface area contributed by atoms with E-state index < -0.39 is 11.7 Å². The summed E-state index contributed by atoms with van der Waals surface area (Å²) in [6.45, 7) is 0. The van der Waals surface area contributed by atoms with Crippen molar-refractivity contribution in [1.82, 2.24) is 9.97 Å². The Kier molecular flexibility index (Phi) is 6.45. The Labute approximate surface area is 165 Å². The van der Waals surface area contributed by atoms with Crippen molar-refractivity contribution in [3.63, 3.8) is 0 Å². The van der Waals surface area contributed by atoms with Gasteiger partial charge < -0.3 is 4.42 Å². The lowest BCUT2D eigenvalue weighted by molar-refractivity contribution is -0.137. The number of halogens is 3. The molecule has 0 N–H and O–H groups in total. The van der Waals surface area contributed by atoms with E-state index in [0.29, 0.717) is 36.3 Å². The molecule has 0 unspecified atom stereocenters. The molecule has 2 aromatic heterocycles. The second-order valence-electron chi connectivity index (χ2n) is 6.26. The topological polar surface area (TPSA) is 56.0 Å². The summed E-state index contributed by atoms with van der Waals surface area (Å²) in [5, 5.41) is 0. The number of Topliss-reactive ketones (excluding diaryl/α,β-unsaturated/α-hetero) is 1. The molecular formula is C22H17F3N2O2. The third-order valence-corrected chi connectivity index (χ3v) is 4.04. The number of oxazole rings is 1. The van der Waals surface area contributed by atoms with Crippen molar-refractivity contribution in [1.29, 1.82) is 0 Å². The van der Waals surface area contributed by atoms with Gasteiger partial charge in [-0.25, -0.2) is 4.98 Å². The number of ketones is 1. The van der Waals surface area contributed by atoms with Crippen LogP contribution in [0.1, 0.15) is 47.5 Å². The summed E-state index contributed by atoms with van der Waals surface area (Å²) in [6, 6.07) is 10.3. The van der Waals surface area contributed by atoms with E-state index in [1.165, 1.54) is 18.3 Å². The van der Waals surface area contributed by atoms with Crippen LogP contribution in [0.4, 0.5) is 13.2 Å². The Balaban J connectivity index is 1.45. The SMILES string of the molecule is O=C(CCCCC#Cc1cccc(C(F)(F)F)c1)c1ncc(-c2ccccn2)o1. The first kappa shape index (κ1) is 20.3. The van der Waals surface area contributed by atoms with Gasteiger partial charge in [-0.2, -0.15) is 13.2 Å². The third-order valence-electron chi connectivity index (χ3n) is 4.04. The molecule has 7 heteroatoms. The molecule has 0 spiro atoms. The van der Waals surface area contributed by atoms with Crippen LogP contribution >= 0.6 is 0 Å². The Bertz CT molecular complexity index is 1030. The van der Waals surface area contributed by atoms with Gasteiger partial charge in [-0.1, -0.05) is 24.0 Å². The predicted octanol–water partition coefficient (Wildman–Crippen LogP) is 5.55. The molecule has 4 nitrogen and oxygen atoms in total. The lowest BCUT2D eigenvalue weighted by Gasteiger charge is -2.05. The summed E-state index contributed by atoms with van der Waals surface area (Å²) in [5.41, 5.74) is 0.201. The van der Waals surface area contributed by atoms with Gasteiger partial charge in [0.05, 0.1) is 11.8 Å². The molecule has 0 fully saturated rings. The monoisotopic (exact) mass is 398 g/mol. The minimum Gasteiger partial charge on any atom is -0.432 e. The van der Waals surface area contributed by atoms with E-state index >= 15 is 0 Å². The highest BCUT2D eigenvalue weighted by molar-refractivity contribution is 5.91. The highest BCUT2D eigenvalue weighted by Crippen LogP contribution is 2.29. The number of benzene rings is 1. The summed E-state index contributed by atoms with van der Waals surface area (Å²) in [7, 11) is 0. The maximum Gasteiger partial charge on any atom is 0.416 e. The maximum absolute atomic E-state index is 12.7. The second kappa shape index (κ2) is 9.20. The van der Waals surface area contributed by atoms with Crippen LogP contribution in [0.2, 0.25) is 0 Å². The maximum atomic E-state index is 12.7. The van der Waals surface area contributed by atoms with Gasteiger partial charge in [0, 0.05) is 24.6 Å². The number of nitrogens with zero attached hydrogens (tertiary/aromatic N) is 2. The fourth-order valence-electron chi connectivity index (χ4n) is 2.57. The number of carbonyl (C=O) groups is 1. The van der Waals surface area contributed by atoms with Gasteiger partial charge in [0.1, 0.15) is 5.69 Å². The van der Waals surface area contributed by atoms with E-state index in [2.05, 4.69) is 21.8 Å². The van der Waals surface area contributed by atoms with Crippen molar-refractivity contribution < 1.29 is 22.4 Å². The molecule has 29 heavy (non-hydrogen) atoms. The van der Waals surface area contributed by atoms with E-state index in [1.807, 2.05) is 6.07 Å². The fraction of sp³-hybridized carbons (Fsp3) is 0.227. The van der Waals surface area contributed by atoms with Crippen LogP contribution in [0, 0.1) is 11.8 Å². The molecule has 0 aliphatic carbocycles. The first-order valence-corrected chi connectivity index (χ1v) is 9.00. The zero-order valence-electron chi connectivity index (χ0n) is 15.4. The van der Waals surface area contributed by atoms with Gasteiger partial charge in [0.25, 0.3) is 5.89 Å². The van der Waals surface area contributed by atoms with E-state index in [0.717, 1.165) is 12.1 Å². The van der Waals surface area contributed by atoms with Crippen molar-refractivity contribution in [3.8, 4) is 23.3 Å². The van der Waals surface area contributed by atoms with Crippen molar-refractivity contribution in [3.05, 3.63) is 71.9 Å². The standard InChI is InChI=1S/C22H17F3N2O2/c23-22(24,25)17-10-7-9-16(14-17)8-3-1-2-4-12-19(28)21-27-15-20(29-21)18-11-5-6-13-26-18/h5-7,9-11,13-15H,1-2,4,12H2. The number of rotatable bonds is 6. The first-order valence-electron chi connectivity index (χ1n) is 9.00. The molecule has 0 atom stereocenters. The minimum atomic E-state index is -4.38. The summed E-state index contributed by atoms with van der Waals surface area (Å²) in [4.78, 5) is 20.3. The molecule has 0 saturated heterocycles. The zero-order chi connectivity index (χ0) is 20.7. The Morgan fingerprint density at radius 1 is 1.07 bits per heavy atom. The summed E-state index contributed by atoms with van der Waals surface area (Å²) >= 11 is 0. The van der Waals surface area contributed by atoms with Gasteiger partial charge in [-0.3, -0.25) is 9.78 Å². The molecule has 0 radical (unpaired) electrons. The van der Waals surface area contributed by atoms with E-state index in [9.17, 15) is 18.0 Å². The van der Waals surface area contributed by atoms with Crippen LogP contribution in [0.25, 0.3) is 11.5 Å². The predicted molar refractivity (Wildman–Crippen MR) is 101 cm³/mol. The highest BCUT2D eigenvalue weighted by atomic mass is 19.4. The number of pyridine rings is 1. The number of aromatic nitrogens is 2. The molecular weight excluding hydrogens is 381 g/mol. The largest absolute Gasteiger partial charge is 0.432 e. The lowest BCUT2D eigenvalue weighted by Crippen LogP contribution is -2.04. The second-order valence-corrected chi connectivity index (χ2v) is 6.26. The molecule has 2 heterocycles. The van der Waals surface area contributed by atoms with Crippen molar-refractivity contribution in [2.75, 3.05) is 0 Å². The fourth-order valence-corrected chi connectivity index (χ4v) is 2.57. The number of carbonyl (C=O) groups excluding carboxylic acids is 1. The Morgan fingerprint density at radius 2 is 1.93 bits per heavy atom. The van der Waals surface area contributed by atoms with Gasteiger partial charge >= 0.3 is 6.18 Å². The highest BCUT2D eigenvalue weighted by Gasteiger charge is 2.30. The average Bonchev–Trinajstić information content (AvgIpc) is 3.21. The van der Waals surface area contributed by atoms with Crippen LogP contribution in [0.15, 0.2) is 59.3 Å². The summed E-state index contributed by atoms with van der Waals surface area (Å²) < 4.78 is 43.5. The molecule has 148 valence electrons. The van der Waals surface area contributed by atoms with Gasteiger partial charge in [0.2, 0.25) is 5.78 Å². The van der Waals surface area contributed by atoms with E-state index in [-0.39, 0.29) is 18.1 Å². The van der Waals surface area contributed by atoms with Gasteiger partial charge in [-0.05, 0) is 43.2 Å². The smallest absolute Gasteiger partial charge is 0.416 e. The molecule has 3 aromatic rings. The van der Waals surface area contributed by atoms with Crippen LogP contribution in [0.5, 0.6) is 0 Å². The molecule has 0 saturated carbocycles. The zero-order valence-corrected chi connectivity index (χ0v) is 15.4. The van der Waals surface area contributed by atoms with Crippen LogP contribution < -0.4 is 0 Å². The summed E-state index contributed by atoms with van der Waals surface area (Å²) in [5.74, 6) is 5.83. The molecule has 0 aliphatic heterocycles. The van der Waals surface area contributed by atoms with Crippen molar-refractivity contribution in [2.45, 2.75) is 31.9 Å². The van der Waals surface area contributed by atoms with E-state index in [1.54, 1.807) is 18.3 Å². The minimum absolute atomic E-state index is 0.0423. The first-order chi connectivity index (χ1) is 13.9. The van der Waals surface area contributed by atoms with Crippen molar-refractivity contribution in [2.24, 2.45) is 0 Å². The van der Waals surface area contributed by atoms with Crippen molar-refractivity contribution >= 4 is 5.78 Å². The average molecular weight is 398 g/mol. The molecule has 3 rings (SSSR count). The quantitative estimate of drug-likeness (QED) is 0.310. The van der Waals surface area contributed by atoms with Crippen LogP contribution in [-0.2, 0) is 6.18 Å². The number of hydrogen-bond acceptors (Lipinski definition) is 4. The summed E-state index contributed by atoms with van der Waals surface area (Å²) in [6.07, 6.45) is 0.675.